The Morgan fingerprint density at radius 2 is 1.62 bits per heavy atom. The summed E-state index contributed by atoms with van der Waals surface area (Å²) < 4.78 is 13.5. The molecule has 8 fully saturated rings. The van der Waals surface area contributed by atoms with E-state index in [1.807, 2.05) is 4.90 Å². The van der Waals surface area contributed by atoms with Crippen molar-refractivity contribution >= 4 is 11.8 Å². The Bertz CT molecular complexity index is 1310. The number of likely N-dealkylation sites (tertiary alicyclic amines) is 1. The summed E-state index contributed by atoms with van der Waals surface area (Å²) in [6.45, 7) is 23.9. The lowest BCUT2D eigenvalue weighted by Gasteiger charge is -2.61. The minimum Gasteiger partial charge on any atom is -0.353 e. The Balaban J connectivity index is 0.813. The van der Waals surface area contributed by atoms with Gasteiger partial charge in [0.05, 0.1) is 12.7 Å². The maximum absolute atomic E-state index is 13.2. The van der Waals surface area contributed by atoms with Gasteiger partial charge in [0.25, 0.3) is 6.67 Å². The van der Waals surface area contributed by atoms with E-state index < -0.39 is 0 Å². The molecule has 4 aliphatic heterocycles. The highest BCUT2D eigenvalue weighted by Gasteiger charge is 2.69. The molecule has 2 amide bonds. The average Bonchev–Trinajstić information content (AvgIpc) is 3.56. The van der Waals surface area contributed by atoms with Gasteiger partial charge in [-0.3, -0.25) is 19.3 Å². The number of piperazine rings is 1. The summed E-state index contributed by atoms with van der Waals surface area (Å²) >= 11 is 0. The number of nitrogens with zero attached hydrogens (tertiary/aromatic N) is 4. The van der Waals surface area contributed by atoms with Crippen LogP contribution >= 0.6 is 0 Å². The number of carbonyl (C=O) groups is 2. The first-order valence-electron chi connectivity index (χ1n) is 20.7. The number of amides is 2. The van der Waals surface area contributed by atoms with E-state index in [4.69, 9.17) is 16.0 Å². The third-order valence-electron chi connectivity index (χ3n) is 16.6. The number of fused-ring (bicyclic) bond motifs is 7. The van der Waals surface area contributed by atoms with E-state index in [1.54, 1.807) is 0 Å². The molecule has 8 aliphatic rings. The smallest absolute Gasteiger partial charge is 0.270 e. The molecule has 278 valence electrons. The molecular formula is C41H65N5O4. The van der Waals surface area contributed by atoms with Crippen LogP contribution in [0.4, 0.5) is 0 Å². The Hall–Kier alpha value is -1.73. The number of ether oxygens (including phenoxy) is 2. The van der Waals surface area contributed by atoms with E-state index in [9.17, 15) is 9.59 Å². The molecular weight excluding hydrogens is 626 g/mol. The van der Waals surface area contributed by atoms with Crippen molar-refractivity contribution in [1.29, 1.82) is 0 Å². The monoisotopic (exact) mass is 692 g/mol. The Kier molecular flexibility index (Phi) is 9.60. The van der Waals surface area contributed by atoms with Crippen LogP contribution in [0.25, 0.3) is 4.85 Å². The second-order valence-corrected chi connectivity index (χ2v) is 19.0. The van der Waals surface area contributed by atoms with Crippen molar-refractivity contribution in [3.8, 4) is 0 Å². The van der Waals surface area contributed by atoms with Gasteiger partial charge >= 0.3 is 0 Å². The van der Waals surface area contributed by atoms with Gasteiger partial charge in [0, 0.05) is 63.7 Å². The van der Waals surface area contributed by atoms with Crippen molar-refractivity contribution in [1.82, 2.24) is 20.0 Å². The molecule has 0 aromatic carbocycles. The number of carbonyl (C=O) groups excluding carboxylic acids is 2. The quantitative estimate of drug-likeness (QED) is 0.291. The first-order valence-corrected chi connectivity index (χ1v) is 20.7. The summed E-state index contributed by atoms with van der Waals surface area (Å²) in [7, 11) is 0. The van der Waals surface area contributed by atoms with Gasteiger partial charge in [-0.05, 0) is 117 Å². The lowest BCUT2D eigenvalue weighted by atomic mass is 9.44. The fourth-order valence-electron chi connectivity index (χ4n) is 13.8. The van der Waals surface area contributed by atoms with Gasteiger partial charge < -0.3 is 19.7 Å². The van der Waals surface area contributed by atoms with E-state index in [1.165, 1.54) is 44.9 Å². The van der Waals surface area contributed by atoms with Crippen LogP contribution in [0.1, 0.15) is 111 Å². The summed E-state index contributed by atoms with van der Waals surface area (Å²) in [5.41, 5.74) is 0.704. The van der Waals surface area contributed by atoms with Crippen molar-refractivity contribution < 1.29 is 19.1 Å². The van der Waals surface area contributed by atoms with Crippen LogP contribution < -0.4 is 5.32 Å². The first kappa shape index (κ1) is 35.3. The maximum Gasteiger partial charge on any atom is 0.270 e. The molecule has 1 unspecified atom stereocenters. The van der Waals surface area contributed by atoms with Crippen LogP contribution in [0.15, 0.2) is 0 Å². The minimum absolute atomic E-state index is 0.00982. The Labute approximate surface area is 301 Å². The van der Waals surface area contributed by atoms with Crippen molar-refractivity contribution in [3.63, 3.8) is 0 Å². The Morgan fingerprint density at radius 3 is 2.34 bits per heavy atom. The molecule has 0 aromatic rings. The van der Waals surface area contributed by atoms with E-state index in [0.29, 0.717) is 53.3 Å². The highest BCUT2D eigenvalue weighted by Crippen LogP contribution is 2.71. The zero-order valence-corrected chi connectivity index (χ0v) is 31.5. The van der Waals surface area contributed by atoms with Gasteiger partial charge in [-0.25, -0.2) is 11.5 Å². The maximum atomic E-state index is 13.2. The summed E-state index contributed by atoms with van der Waals surface area (Å²) in [4.78, 5) is 36.6. The zero-order chi connectivity index (χ0) is 34.8. The SMILES string of the molecule is [C-]#[N+]CN1CCN(C2CCN(C(=O)CC(=O)N[C@@H]3CC[C@]4(C)C5CC[C@]6(C)[C@@H]7[C@H](C[C@H]6[C@@H]5CC[C@@H]4C3)O[C@]3(CC[C@H](C)CO3)[C@H]7C)CC2)CC1. The second kappa shape index (κ2) is 13.6. The van der Waals surface area contributed by atoms with Crippen LogP contribution in [0.5, 0.6) is 0 Å². The largest absolute Gasteiger partial charge is 0.353 e. The van der Waals surface area contributed by atoms with Crippen molar-refractivity contribution in [2.75, 3.05) is 52.5 Å². The normalized spacial score (nSPS) is 46.8. The van der Waals surface area contributed by atoms with E-state index in [2.05, 4.69) is 47.7 Å². The van der Waals surface area contributed by atoms with Gasteiger partial charge in [0.2, 0.25) is 11.8 Å². The first-order chi connectivity index (χ1) is 24.0. The number of rotatable bonds is 5. The molecule has 9 nitrogen and oxygen atoms in total. The predicted molar refractivity (Wildman–Crippen MR) is 192 cm³/mol. The molecule has 4 aliphatic carbocycles. The molecule has 1 spiro atoms. The lowest BCUT2D eigenvalue weighted by Crippen LogP contribution is -2.56. The summed E-state index contributed by atoms with van der Waals surface area (Å²) in [6, 6.07) is 0.700. The highest BCUT2D eigenvalue weighted by atomic mass is 16.7. The van der Waals surface area contributed by atoms with Crippen LogP contribution in [-0.4, -0.2) is 103 Å². The fourth-order valence-corrected chi connectivity index (χ4v) is 13.8. The number of nitrogens with one attached hydrogen (secondary N) is 1. The molecule has 4 saturated heterocycles. The van der Waals surface area contributed by atoms with Crippen LogP contribution in [0.3, 0.4) is 0 Å². The molecule has 8 rings (SSSR count). The molecule has 4 heterocycles. The fraction of sp³-hybridized carbons (Fsp3) is 0.927. The van der Waals surface area contributed by atoms with Crippen LogP contribution in [-0.2, 0) is 19.1 Å². The molecule has 12 atom stereocenters. The van der Waals surface area contributed by atoms with E-state index in [0.717, 1.165) is 95.7 Å². The van der Waals surface area contributed by atoms with Gasteiger partial charge in [0.15, 0.2) is 5.79 Å². The number of hydrogen-bond acceptors (Lipinski definition) is 6. The second-order valence-electron chi connectivity index (χ2n) is 19.0. The molecule has 9 heteroatoms. The molecule has 4 saturated carbocycles. The number of hydrogen-bond donors (Lipinski definition) is 1. The minimum atomic E-state index is -0.336. The van der Waals surface area contributed by atoms with Crippen LogP contribution in [0.2, 0.25) is 0 Å². The molecule has 50 heavy (non-hydrogen) atoms. The third kappa shape index (κ3) is 6.04. The summed E-state index contributed by atoms with van der Waals surface area (Å²) in [5.74, 6) is 4.28. The zero-order valence-electron chi connectivity index (χ0n) is 31.5. The standard InChI is InChI=1S/C41H65N5O4/c1-27-8-15-41(49-25-27)28(2)38-35(50-41)23-34-32-7-6-29-22-30(9-13-39(29,3)33(32)10-14-40(34,38)4)43-36(47)24-37(48)46-16-11-31(12-17-46)45-20-18-44(19-21-45)26-42-5/h27-35,38H,6-26H2,1-4H3,(H,43,47)/t27-,28-,29+,30+,32+,33?,34-,35-,38-,39-,40-,41+/m0/s1. The van der Waals surface area contributed by atoms with Gasteiger partial charge in [0.1, 0.15) is 6.42 Å². The molecule has 0 radical (unpaired) electrons. The predicted octanol–water partition coefficient (Wildman–Crippen LogP) is 5.79. The Morgan fingerprint density at radius 1 is 0.860 bits per heavy atom. The van der Waals surface area contributed by atoms with E-state index >= 15 is 0 Å². The third-order valence-corrected chi connectivity index (χ3v) is 16.6. The summed E-state index contributed by atoms with van der Waals surface area (Å²) in [6.07, 6.45) is 14.3. The van der Waals surface area contributed by atoms with Crippen LogP contribution in [0, 0.1) is 58.8 Å². The molecule has 1 N–H and O–H groups in total. The van der Waals surface area contributed by atoms with E-state index in [-0.39, 0.29) is 30.1 Å². The average molecular weight is 692 g/mol. The summed E-state index contributed by atoms with van der Waals surface area (Å²) in [5, 5.41) is 3.34. The van der Waals surface area contributed by atoms with Crippen molar-refractivity contribution in [3.05, 3.63) is 11.4 Å². The molecule has 0 bridgehead atoms. The highest BCUT2D eigenvalue weighted by molar-refractivity contribution is 5.97. The van der Waals surface area contributed by atoms with Gasteiger partial charge in [-0.15, -0.1) is 0 Å². The molecule has 0 aromatic heterocycles. The topological polar surface area (TPSA) is 78.7 Å². The van der Waals surface area contributed by atoms with Gasteiger partial charge in [-0.1, -0.05) is 27.7 Å². The van der Waals surface area contributed by atoms with Crippen molar-refractivity contribution in [2.24, 2.45) is 52.3 Å². The van der Waals surface area contributed by atoms with Crippen molar-refractivity contribution in [2.45, 2.75) is 135 Å². The lowest BCUT2D eigenvalue weighted by molar-refractivity contribution is -0.273. The van der Waals surface area contributed by atoms with Gasteiger partial charge in [-0.2, -0.15) is 0 Å². The number of piperidine rings is 1.